The second-order valence-electron chi connectivity index (χ2n) is 8.14. The molecule has 24 heavy (non-hydrogen) atoms. The Kier molecular flexibility index (Phi) is 7.60. The Labute approximate surface area is 147 Å². The lowest BCUT2D eigenvalue weighted by molar-refractivity contribution is -0.248. The third-order valence-electron chi connectivity index (χ3n) is 3.35. The molecule has 1 rings (SSSR count). The molecule has 5 atom stereocenters. The first kappa shape index (κ1) is 21.7. The summed E-state index contributed by atoms with van der Waals surface area (Å²) in [6.45, 7) is 14.1. The average molecular weight is 380 g/mol. The summed E-state index contributed by atoms with van der Waals surface area (Å²) in [5.41, 5.74) is 0. The first-order valence-corrected chi connectivity index (χ1v) is 15.1. The first-order chi connectivity index (χ1) is 10.8. The molecule has 0 aromatic rings. The van der Waals surface area contributed by atoms with Crippen LogP contribution in [0.15, 0.2) is 0 Å². The molecule has 9 heteroatoms. The maximum atomic E-state index is 11.6. The van der Waals surface area contributed by atoms with E-state index in [1.807, 2.05) is 0 Å². The molecule has 1 aliphatic rings. The molecule has 1 heterocycles. The van der Waals surface area contributed by atoms with Gasteiger partial charge in [-0.15, -0.1) is 0 Å². The number of methoxy groups -OCH3 is 1. The predicted octanol–water partition coefficient (Wildman–Crippen LogP) is 1.29. The second kappa shape index (κ2) is 8.39. The molecule has 1 fully saturated rings. The van der Waals surface area contributed by atoms with Gasteiger partial charge in [-0.05, 0) is 39.3 Å². The highest BCUT2D eigenvalue weighted by molar-refractivity contribution is 6.70. The number of amides is 1. The number of rotatable bonds is 7. The van der Waals surface area contributed by atoms with Crippen LogP contribution < -0.4 is 5.32 Å². The normalized spacial score (nSPS) is 31.8. The minimum Gasteiger partial charge on any atom is -0.410 e. The van der Waals surface area contributed by atoms with Gasteiger partial charge in [0.2, 0.25) is 5.91 Å². The van der Waals surface area contributed by atoms with Gasteiger partial charge in [0.1, 0.15) is 18.2 Å². The summed E-state index contributed by atoms with van der Waals surface area (Å²) in [5.74, 6) is -0.247. The van der Waals surface area contributed by atoms with Crippen LogP contribution in [0.3, 0.4) is 0 Å². The quantitative estimate of drug-likeness (QED) is 0.649. The Bertz CT molecular complexity index is 423. The van der Waals surface area contributed by atoms with Crippen LogP contribution in [0.5, 0.6) is 0 Å². The van der Waals surface area contributed by atoms with Crippen LogP contribution in [0.1, 0.15) is 6.92 Å². The van der Waals surface area contributed by atoms with E-state index in [9.17, 15) is 9.90 Å². The highest BCUT2D eigenvalue weighted by Crippen LogP contribution is 2.29. The van der Waals surface area contributed by atoms with Gasteiger partial charge in [0, 0.05) is 14.0 Å². The molecule has 0 radical (unpaired) electrons. The van der Waals surface area contributed by atoms with Gasteiger partial charge < -0.3 is 28.7 Å². The number of hydrogen-bond donors (Lipinski definition) is 2. The Morgan fingerprint density at radius 2 is 1.58 bits per heavy atom. The molecule has 0 saturated carbocycles. The van der Waals surface area contributed by atoms with Crippen molar-refractivity contribution in [2.45, 2.75) is 76.8 Å². The van der Waals surface area contributed by atoms with Crippen molar-refractivity contribution in [2.24, 2.45) is 0 Å². The smallest absolute Gasteiger partial charge is 0.217 e. The van der Waals surface area contributed by atoms with E-state index < -0.39 is 47.3 Å². The van der Waals surface area contributed by atoms with Crippen LogP contribution in [-0.2, 0) is 23.1 Å². The number of carbonyl (C=O) groups excluding carboxylic acids is 1. The lowest BCUT2D eigenvalue weighted by Crippen LogP contribution is -2.68. The number of aliphatic hydroxyl groups excluding tert-OH is 1. The number of hydrogen-bond acceptors (Lipinski definition) is 6. The summed E-state index contributed by atoms with van der Waals surface area (Å²) in [5, 5.41) is 13.2. The molecule has 1 amide bonds. The molecule has 0 spiro atoms. The van der Waals surface area contributed by atoms with Crippen LogP contribution in [0.4, 0.5) is 0 Å². The van der Waals surface area contributed by atoms with E-state index in [0.717, 1.165) is 0 Å². The molecule has 0 aliphatic carbocycles. The van der Waals surface area contributed by atoms with E-state index in [-0.39, 0.29) is 12.5 Å². The van der Waals surface area contributed by atoms with Crippen LogP contribution in [0, 0.1) is 0 Å². The van der Waals surface area contributed by atoms with Crippen molar-refractivity contribution in [1.29, 1.82) is 0 Å². The summed E-state index contributed by atoms with van der Waals surface area (Å²) in [6, 6.07) is -0.677. The van der Waals surface area contributed by atoms with Crippen molar-refractivity contribution < 1.29 is 28.2 Å². The summed E-state index contributed by atoms with van der Waals surface area (Å²) in [6.07, 6.45) is -2.53. The molecule has 1 saturated heterocycles. The standard InChI is InChI=1S/C15H33NO6Si2/c1-10(17)16-12-14(22-24(6,7)8)13(21-23(3,4)5)11(9-19-2)20-15(12)18/h11-15,18H,9H2,1-8H3,(H,16,17). The number of nitrogens with one attached hydrogen (secondary N) is 1. The summed E-state index contributed by atoms with van der Waals surface area (Å²) in [4.78, 5) is 11.6. The van der Waals surface area contributed by atoms with Crippen molar-refractivity contribution in [1.82, 2.24) is 5.32 Å². The van der Waals surface area contributed by atoms with Crippen molar-refractivity contribution in [3.05, 3.63) is 0 Å². The van der Waals surface area contributed by atoms with Gasteiger partial charge in [0.25, 0.3) is 0 Å². The van der Waals surface area contributed by atoms with E-state index in [4.69, 9.17) is 18.3 Å². The molecule has 7 nitrogen and oxygen atoms in total. The van der Waals surface area contributed by atoms with Gasteiger partial charge in [0.05, 0.1) is 12.7 Å². The topological polar surface area (TPSA) is 86.2 Å². The molecule has 0 aromatic heterocycles. The monoisotopic (exact) mass is 379 g/mol. The van der Waals surface area contributed by atoms with E-state index >= 15 is 0 Å². The highest BCUT2D eigenvalue weighted by atomic mass is 28.4. The molecule has 1 aliphatic heterocycles. The highest BCUT2D eigenvalue weighted by Gasteiger charge is 2.49. The molecule has 0 aromatic carbocycles. The van der Waals surface area contributed by atoms with Gasteiger partial charge in [-0.3, -0.25) is 4.79 Å². The summed E-state index contributed by atoms with van der Waals surface area (Å²) in [7, 11) is -2.30. The maximum absolute atomic E-state index is 11.6. The minimum absolute atomic E-state index is 0.247. The van der Waals surface area contributed by atoms with Crippen LogP contribution in [0.25, 0.3) is 0 Å². The fraction of sp³-hybridized carbons (Fsp3) is 0.933. The zero-order valence-corrected chi connectivity index (χ0v) is 18.1. The fourth-order valence-corrected chi connectivity index (χ4v) is 4.91. The minimum atomic E-state index is -1.96. The van der Waals surface area contributed by atoms with Crippen LogP contribution in [-0.4, -0.2) is 72.0 Å². The largest absolute Gasteiger partial charge is 0.410 e. The predicted molar refractivity (Wildman–Crippen MR) is 96.8 cm³/mol. The third kappa shape index (κ3) is 6.91. The third-order valence-corrected chi connectivity index (χ3v) is 5.30. The van der Waals surface area contributed by atoms with E-state index in [1.54, 1.807) is 7.11 Å². The van der Waals surface area contributed by atoms with E-state index in [2.05, 4.69) is 44.6 Å². The molecular weight excluding hydrogens is 346 g/mol. The zero-order chi connectivity index (χ0) is 18.7. The van der Waals surface area contributed by atoms with Crippen LogP contribution >= 0.6 is 0 Å². The number of aliphatic hydroxyl groups is 1. The Hall–Kier alpha value is -0.296. The lowest BCUT2D eigenvalue weighted by atomic mass is 9.97. The van der Waals surface area contributed by atoms with Crippen molar-refractivity contribution in [2.75, 3.05) is 13.7 Å². The Morgan fingerprint density at radius 3 is 2.00 bits per heavy atom. The molecule has 142 valence electrons. The van der Waals surface area contributed by atoms with Crippen molar-refractivity contribution in [3.63, 3.8) is 0 Å². The number of carbonyl (C=O) groups is 1. The lowest BCUT2D eigenvalue weighted by Gasteiger charge is -2.48. The van der Waals surface area contributed by atoms with E-state index in [1.165, 1.54) is 6.92 Å². The molecule has 0 bridgehead atoms. The SMILES string of the molecule is COCC1OC(O)C(NC(C)=O)C(O[Si](C)(C)C)C1O[Si](C)(C)C. The van der Waals surface area contributed by atoms with Gasteiger partial charge in [0.15, 0.2) is 22.9 Å². The Balaban J connectivity index is 3.19. The van der Waals surface area contributed by atoms with Crippen LogP contribution in [0.2, 0.25) is 39.3 Å². The maximum Gasteiger partial charge on any atom is 0.217 e. The number of ether oxygens (including phenoxy) is 2. The molecule has 2 N–H and O–H groups in total. The average Bonchev–Trinajstić information content (AvgIpc) is 2.35. The summed E-state index contributed by atoms with van der Waals surface area (Å²) >= 11 is 0. The van der Waals surface area contributed by atoms with Crippen molar-refractivity contribution >= 4 is 22.5 Å². The second-order valence-corrected chi connectivity index (χ2v) is 17.1. The first-order valence-electron chi connectivity index (χ1n) is 8.29. The van der Waals surface area contributed by atoms with Gasteiger partial charge in [-0.25, -0.2) is 0 Å². The zero-order valence-electron chi connectivity index (χ0n) is 16.1. The summed E-state index contributed by atoms with van der Waals surface area (Å²) < 4.78 is 23.6. The molecule has 5 unspecified atom stereocenters. The fourth-order valence-electron chi connectivity index (χ4n) is 2.71. The Morgan fingerprint density at radius 1 is 1.08 bits per heavy atom. The van der Waals surface area contributed by atoms with Gasteiger partial charge in [-0.1, -0.05) is 0 Å². The van der Waals surface area contributed by atoms with E-state index in [0.29, 0.717) is 0 Å². The van der Waals surface area contributed by atoms with Gasteiger partial charge >= 0.3 is 0 Å². The van der Waals surface area contributed by atoms with Crippen molar-refractivity contribution in [3.8, 4) is 0 Å². The van der Waals surface area contributed by atoms with Gasteiger partial charge in [-0.2, -0.15) is 0 Å². The molecular formula is C15H33NO6Si2.